The van der Waals surface area contributed by atoms with Gasteiger partial charge in [-0.15, -0.1) is 0 Å². The molecule has 0 saturated heterocycles. The summed E-state index contributed by atoms with van der Waals surface area (Å²) in [6.45, 7) is 2.06. The van der Waals surface area contributed by atoms with Crippen molar-refractivity contribution in [3.05, 3.63) is 28.0 Å². The summed E-state index contributed by atoms with van der Waals surface area (Å²) in [5, 5.41) is 1.34. The number of hydrogen-bond acceptors (Lipinski definition) is 1. The Bertz CT molecular complexity index is 580. The summed E-state index contributed by atoms with van der Waals surface area (Å²) in [5.41, 5.74) is 3.69. The minimum Gasteiger partial charge on any atom is -0.323 e. The maximum Gasteiger partial charge on any atom is 0.141 e. The van der Waals surface area contributed by atoms with Crippen LogP contribution in [0.25, 0.3) is 11.0 Å². The fraction of sp³-hybridized carbons (Fsp3) is 0.533. The van der Waals surface area contributed by atoms with Crippen molar-refractivity contribution in [3.8, 4) is 0 Å². The van der Waals surface area contributed by atoms with Gasteiger partial charge in [-0.05, 0) is 59.3 Å². The minimum absolute atomic E-state index is 0.710. The second-order valence-corrected chi connectivity index (χ2v) is 6.17. The van der Waals surface area contributed by atoms with Crippen molar-refractivity contribution in [2.75, 3.05) is 0 Å². The van der Waals surface area contributed by atoms with Crippen molar-refractivity contribution < 1.29 is 0 Å². The Kier molecular flexibility index (Phi) is 3.18. The summed E-state index contributed by atoms with van der Waals surface area (Å²) in [7, 11) is 2.10. The molecule has 0 aliphatic heterocycles. The van der Waals surface area contributed by atoms with E-state index in [9.17, 15) is 0 Å². The summed E-state index contributed by atoms with van der Waals surface area (Å²) in [5.74, 6) is 0.710. The number of pyridine rings is 1. The third kappa shape index (κ3) is 1.89. The Hall–Kier alpha value is -0.830. The lowest BCUT2D eigenvalue weighted by atomic mass is 9.84. The summed E-state index contributed by atoms with van der Waals surface area (Å²) in [6.07, 6.45) is 6.78. The molecule has 0 atom stereocenters. The predicted octanol–water partition coefficient (Wildman–Crippen LogP) is 4.69. The first-order chi connectivity index (χ1) is 8.68. The Morgan fingerprint density at radius 1 is 1.22 bits per heavy atom. The fourth-order valence-corrected chi connectivity index (χ4v) is 3.88. The second kappa shape index (κ2) is 4.69. The Labute approximate surface area is 117 Å². The zero-order valence-electron chi connectivity index (χ0n) is 11.0. The van der Waals surface area contributed by atoms with E-state index < -0.39 is 0 Å². The first-order valence-electron chi connectivity index (χ1n) is 6.80. The summed E-state index contributed by atoms with van der Waals surface area (Å²) < 4.78 is 3.41. The highest BCUT2D eigenvalue weighted by Crippen LogP contribution is 2.41. The molecule has 3 rings (SSSR count). The van der Waals surface area contributed by atoms with Crippen molar-refractivity contribution in [1.82, 2.24) is 9.55 Å². The van der Waals surface area contributed by atoms with E-state index in [0.717, 1.165) is 11.3 Å². The number of nitrogens with zero attached hydrogens (tertiary/aromatic N) is 2. The van der Waals surface area contributed by atoms with E-state index in [1.54, 1.807) is 0 Å². The van der Waals surface area contributed by atoms with Gasteiger partial charge in [0.25, 0.3) is 0 Å². The molecular formula is C15H19BrN2. The molecule has 1 aliphatic carbocycles. The predicted molar refractivity (Wildman–Crippen MR) is 79.0 cm³/mol. The Morgan fingerprint density at radius 2 is 1.94 bits per heavy atom. The number of hydrogen-bond donors (Lipinski definition) is 0. The quantitative estimate of drug-likeness (QED) is 0.747. The topological polar surface area (TPSA) is 17.8 Å². The standard InChI is InChI=1S/C15H19BrN2/c1-10-8-9-12-13(11-6-4-3-5-7-11)14(16)18(2)15(12)17-10/h8-9,11H,3-7H2,1-2H3. The number of rotatable bonds is 1. The number of fused-ring (bicyclic) bond motifs is 1. The van der Waals surface area contributed by atoms with E-state index in [2.05, 4.69) is 51.6 Å². The molecule has 0 unspecified atom stereocenters. The minimum atomic E-state index is 0.710. The molecule has 1 fully saturated rings. The lowest BCUT2D eigenvalue weighted by molar-refractivity contribution is 0.444. The van der Waals surface area contributed by atoms with Crippen LogP contribution in [0.15, 0.2) is 16.7 Å². The molecule has 1 saturated carbocycles. The number of halogens is 1. The number of aryl methyl sites for hydroxylation is 2. The monoisotopic (exact) mass is 306 g/mol. The van der Waals surface area contributed by atoms with E-state index in [0.29, 0.717) is 5.92 Å². The highest BCUT2D eigenvalue weighted by atomic mass is 79.9. The van der Waals surface area contributed by atoms with Gasteiger partial charge in [-0.3, -0.25) is 0 Å². The highest BCUT2D eigenvalue weighted by Gasteiger charge is 2.23. The largest absolute Gasteiger partial charge is 0.323 e. The first kappa shape index (κ1) is 12.2. The third-order valence-corrected chi connectivity index (χ3v) is 5.11. The molecule has 18 heavy (non-hydrogen) atoms. The van der Waals surface area contributed by atoms with Gasteiger partial charge in [0, 0.05) is 18.1 Å². The van der Waals surface area contributed by atoms with Crippen LogP contribution in [0.1, 0.15) is 49.3 Å². The van der Waals surface area contributed by atoms with Gasteiger partial charge < -0.3 is 4.57 Å². The molecular weight excluding hydrogens is 288 g/mol. The lowest BCUT2D eigenvalue weighted by Crippen LogP contribution is -2.04. The molecule has 0 amide bonds. The summed E-state index contributed by atoms with van der Waals surface area (Å²) >= 11 is 3.78. The van der Waals surface area contributed by atoms with Crippen molar-refractivity contribution in [1.29, 1.82) is 0 Å². The van der Waals surface area contributed by atoms with Crippen LogP contribution in [-0.2, 0) is 7.05 Å². The maximum absolute atomic E-state index is 4.68. The molecule has 0 spiro atoms. The molecule has 0 bridgehead atoms. The third-order valence-electron chi connectivity index (χ3n) is 4.15. The SMILES string of the molecule is Cc1ccc2c(C3CCCCC3)c(Br)n(C)c2n1. The van der Waals surface area contributed by atoms with Crippen LogP contribution < -0.4 is 0 Å². The number of aromatic nitrogens is 2. The molecule has 2 nitrogen and oxygen atoms in total. The van der Waals surface area contributed by atoms with Crippen LogP contribution in [0.3, 0.4) is 0 Å². The smallest absolute Gasteiger partial charge is 0.141 e. The van der Waals surface area contributed by atoms with Crippen LogP contribution in [0.4, 0.5) is 0 Å². The van der Waals surface area contributed by atoms with Gasteiger partial charge in [-0.1, -0.05) is 19.3 Å². The van der Waals surface area contributed by atoms with Gasteiger partial charge in [0.15, 0.2) is 0 Å². The van der Waals surface area contributed by atoms with Crippen molar-refractivity contribution in [3.63, 3.8) is 0 Å². The highest BCUT2D eigenvalue weighted by molar-refractivity contribution is 9.10. The van der Waals surface area contributed by atoms with E-state index >= 15 is 0 Å². The molecule has 2 heterocycles. The molecule has 3 heteroatoms. The van der Waals surface area contributed by atoms with Crippen LogP contribution in [0, 0.1) is 6.92 Å². The van der Waals surface area contributed by atoms with E-state index in [4.69, 9.17) is 0 Å². The zero-order chi connectivity index (χ0) is 12.7. The van der Waals surface area contributed by atoms with Gasteiger partial charge >= 0.3 is 0 Å². The van der Waals surface area contributed by atoms with E-state index in [1.165, 1.54) is 47.7 Å². The Morgan fingerprint density at radius 3 is 2.67 bits per heavy atom. The molecule has 0 aromatic carbocycles. The lowest BCUT2D eigenvalue weighted by Gasteiger charge is -2.21. The van der Waals surface area contributed by atoms with Crippen LogP contribution in [-0.4, -0.2) is 9.55 Å². The van der Waals surface area contributed by atoms with Gasteiger partial charge in [-0.2, -0.15) is 0 Å². The normalized spacial score (nSPS) is 17.5. The molecule has 96 valence electrons. The van der Waals surface area contributed by atoms with Crippen molar-refractivity contribution in [2.24, 2.45) is 7.05 Å². The van der Waals surface area contributed by atoms with Crippen molar-refractivity contribution in [2.45, 2.75) is 44.9 Å². The molecule has 2 aromatic rings. The zero-order valence-corrected chi connectivity index (χ0v) is 12.6. The molecule has 0 N–H and O–H groups in total. The van der Waals surface area contributed by atoms with Crippen LogP contribution >= 0.6 is 15.9 Å². The van der Waals surface area contributed by atoms with Gasteiger partial charge in [-0.25, -0.2) is 4.98 Å². The molecule has 0 radical (unpaired) electrons. The molecule has 2 aromatic heterocycles. The second-order valence-electron chi connectivity index (χ2n) is 5.42. The summed E-state index contributed by atoms with van der Waals surface area (Å²) in [4.78, 5) is 4.68. The Balaban J connectivity index is 2.18. The van der Waals surface area contributed by atoms with Gasteiger partial charge in [0.2, 0.25) is 0 Å². The van der Waals surface area contributed by atoms with Gasteiger partial charge in [0.05, 0.1) is 4.60 Å². The maximum atomic E-state index is 4.68. The average Bonchev–Trinajstić information content (AvgIpc) is 2.64. The fourth-order valence-electron chi connectivity index (χ4n) is 3.17. The first-order valence-corrected chi connectivity index (χ1v) is 7.59. The van der Waals surface area contributed by atoms with Gasteiger partial charge in [0.1, 0.15) is 5.65 Å². The molecule has 1 aliphatic rings. The van der Waals surface area contributed by atoms with E-state index in [-0.39, 0.29) is 0 Å². The summed E-state index contributed by atoms with van der Waals surface area (Å²) in [6, 6.07) is 4.37. The average molecular weight is 307 g/mol. The van der Waals surface area contributed by atoms with E-state index in [1.807, 2.05) is 0 Å². The van der Waals surface area contributed by atoms with Crippen LogP contribution in [0.2, 0.25) is 0 Å². The van der Waals surface area contributed by atoms with Crippen molar-refractivity contribution >= 4 is 27.0 Å². The van der Waals surface area contributed by atoms with Crippen LogP contribution in [0.5, 0.6) is 0 Å².